The molecule has 1 saturated heterocycles. The highest BCUT2D eigenvalue weighted by Crippen LogP contribution is 2.33. The predicted molar refractivity (Wildman–Crippen MR) is 93.3 cm³/mol. The van der Waals surface area contributed by atoms with Gasteiger partial charge in [-0.2, -0.15) is 0 Å². The Morgan fingerprint density at radius 3 is 3.08 bits per heavy atom. The van der Waals surface area contributed by atoms with Gasteiger partial charge in [-0.1, -0.05) is 23.3 Å². The zero-order valence-corrected chi connectivity index (χ0v) is 14.8. The van der Waals surface area contributed by atoms with Gasteiger partial charge >= 0.3 is 0 Å². The predicted octanol–water partition coefficient (Wildman–Crippen LogP) is 4.32. The molecule has 1 fully saturated rings. The molecule has 1 amide bonds. The largest absolute Gasteiger partial charge is 0.361 e. The number of nitrogens with zero attached hydrogens (tertiary/aromatic N) is 3. The minimum absolute atomic E-state index is 0.0521. The molecule has 130 valence electrons. The molecular weight excluding hydrogens is 338 g/mol. The number of rotatable bonds is 5. The van der Waals surface area contributed by atoms with E-state index in [0.717, 1.165) is 42.0 Å². The standard InChI is InChI=1S/C18H19N3O3S/c1-2-5-12-10-13(19-23-12)15-6-3-8-21(15)18(22)14-11-16(24-20-14)17-7-4-9-25-17/h4,7,9-11,15H,2-3,5-6,8H2,1H3. The van der Waals surface area contributed by atoms with Crippen LogP contribution in [0.25, 0.3) is 10.6 Å². The van der Waals surface area contributed by atoms with Gasteiger partial charge in [-0.05, 0) is 30.7 Å². The number of carbonyl (C=O) groups is 1. The highest BCUT2D eigenvalue weighted by atomic mass is 32.1. The van der Waals surface area contributed by atoms with Crippen LogP contribution in [0.2, 0.25) is 0 Å². The van der Waals surface area contributed by atoms with Crippen LogP contribution in [0.15, 0.2) is 38.7 Å². The molecule has 4 heterocycles. The van der Waals surface area contributed by atoms with Crippen molar-refractivity contribution in [3.05, 3.63) is 46.8 Å². The van der Waals surface area contributed by atoms with Crippen LogP contribution < -0.4 is 0 Å². The van der Waals surface area contributed by atoms with Gasteiger partial charge in [0.1, 0.15) is 11.5 Å². The van der Waals surface area contributed by atoms with E-state index in [1.165, 1.54) is 0 Å². The second-order valence-corrected chi connectivity index (χ2v) is 7.13. The molecule has 0 spiro atoms. The van der Waals surface area contributed by atoms with Crippen LogP contribution in [0.5, 0.6) is 0 Å². The summed E-state index contributed by atoms with van der Waals surface area (Å²) in [6, 6.07) is 7.53. The molecule has 25 heavy (non-hydrogen) atoms. The summed E-state index contributed by atoms with van der Waals surface area (Å²) in [7, 11) is 0. The molecular formula is C18H19N3O3S. The maximum absolute atomic E-state index is 12.9. The fraction of sp³-hybridized carbons (Fsp3) is 0.389. The van der Waals surface area contributed by atoms with Crippen LogP contribution in [-0.2, 0) is 6.42 Å². The average molecular weight is 357 g/mol. The van der Waals surface area contributed by atoms with E-state index in [9.17, 15) is 4.79 Å². The third-order valence-electron chi connectivity index (χ3n) is 4.42. The Kier molecular flexibility index (Phi) is 4.40. The fourth-order valence-corrected chi connectivity index (χ4v) is 3.90. The quantitative estimate of drug-likeness (QED) is 0.680. The molecule has 1 atom stereocenters. The normalized spacial score (nSPS) is 17.3. The summed E-state index contributed by atoms with van der Waals surface area (Å²) in [5, 5.41) is 10.1. The van der Waals surface area contributed by atoms with Crippen LogP contribution in [-0.4, -0.2) is 27.7 Å². The molecule has 0 bridgehead atoms. The van der Waals surface area contributed by atoms with Crippen LogP contribution in [0.3, 0.4) is 0 Å². The zero-order chi connectivity index (χ0) is 17.2. The summed E-state index contributed by atoms with van der Waals surface area (Å²) in [5.41, 5.74) is 1.17. The first-order chi connectivity index (χ1) is 12.3. The second-order valence-electron chi connectivity index (χ2n) is 6.18. The number of aryl methyl sites for hydroxylation is 1. The maximum atomic E-state index is 12.9. The van der Waals surface area contributed by atoms with Gasteiger partial charge in [0.15, 0.2) is 11.5 Å². The van der Waals surface area contributed by atoms with Crippen molar-refractivity contribution in [1.82, 2.24) is 15.2 Å². The van der Waals surface area contributed by atoms with E-state index >= 15 is 0 Å². The van der Waals surface area contributed by atoms with Crippen molar-refractivity contribution in [2.45, 2.75) is 38.6 Å². The van der Waals surface area contributed by atoms with Crippen molar-refractivity contribution in [3.8, 4) is 10.6 Å². The van der Waals surface area contributed by atoms with Crippen molar-refractivity contribution in [2.24, 2.45) is 0 Å². The summed E-state index contributed by atoms with van der Waals surface area (Å²) in [5.74, 6) is 1.38. The minimum Gasteiger partial charge on any atom is -0.361 e. The number of carbonyl (C=O) groups excluding carboxylic acids is 1. The summed E-state index contributed by atoms with van der Waals surface area (Å²) < 4.78 is 10.7. The second kappa shape index (κ2) is 6.84. The third kappa shape index (κ3) is 3.11. The molecule has 0 radical (unpaired) electrons. The van der Waals surface area contributed by atoms with Crippen molar-refractivity contribution >= 4 is 17.2 Å². The van der Waals surface area contributed by atoms with Gasteiger partial charge in [-0.25, -0.2) is 0 Å². The monoisotopic (exact) mass is 357 g/mol. The molecule has 3 aromatic rings. The van der Waals surface area contributed by atoms with Gasteiger partial charge in [0.25, 0.3) is 5.91 Å². The van der Waals surface area contributed by atoms with Crippen molar-refractivity contribution < 1.29 is 13.8 Å². The van der Waals surface area contributed by atoms with Gasteiger partial charge in [-0.15, -0.1) is 11.3 Å². The highest BCUT2D eigenvalue weighted by Gasteiger charge is 2.34. The summed E-state index contributed by atoms with van der Waals surface area (Å²) in [4.78, 5) is 15.7. The lowest BCUT2D eigenvalue weighted by Gasteiger charge is -2.21. The number of hydrogen-bond acceptors (Lipinski definition) is 6. The number of hydrogen-bond donors (Lipinski definition) is 0. The Balaban J connectivity index is 1.54. The number of aromatic nitrogens is 2. The lowest BCUT2D eigenvalue weighted by Crippen LogP contribution is -2.30. The molecule has 1 aliphatic rings. The Morgan fingerprint density at radius 2 is 2.28 bits per heavy atom. The van der Waals surface area contributed by atoms with E-state index < -0.39 is 0 Å². The van der Waals surface area contributed by atoms with Crippen molar-refractivity contribution in [1.29, 1.82) is 0 Å². The first-order valence-corrected chi connectivity index (χ1v) is 9.41. The molecule has 3 aromatic heterocycles. The number of likely N-dealkylation sites (tertiary alicyclic amines) is 1. The van der Waals surface area contributed by atoms with E-state index in [1.807, 2.05) is 28.5 Å². The molecule has 0 N–H and O–H groups in total. The van der Waals surface area contributed by atoms with E-state index in [4.69, 9.17) is 9.05 Å². The van der Waals surface area contributed by atoms with Gasteiger partial charge < -0.3 is 13.9 Å². The van der Waals surface area contributed by atoms with Crippen LogP contribution >= 0.6 is 11.3 Å². The lowest BCUT2D eigenvalue weighted by atomic mass is 10.1. The molecule has 6 nitrogen and oxygen atoms in total. The van der Waals surface area contributed by atoms with Crippen LogP contribution in [0.1, 0.15) is 54.2 Å². The highest BCUT2D eigenvalue weighted by molar-refractivity contribution is 7.13. The third-order valence-corrected chi connectivity index (χ3v) is 5.31. The molecule has 0 aliphatic carbocycles. The smallest absolute Gasteiger partial charge is 0.276 e. The van der Waals surface area contributed by atoms with Gasteiger partial charge in [0.05, 0.1) is 10.9 Å². The van der Waals surface area contributed by atoms with Crippen molar-refractivity contribution in [2.75, 3.05) is 6.54 Å². The van der Waals surface area contributed by atoms with E-state index in [0.29, 0.717) is 18.0 Å². The Labute approximate surface area is 149 Å². The van der Waals surface area contributed by atoms with Crippen molar-refractivity contribution in [3.63, 3.8) is 0 Å². The molecule has 1 aliphatic heterocycles. The Morgan fingerprint density at radius 1 is 1.36 bits per heavy atom. The summed E-state index contributed by atoms with van der Waals surface area (Å²) >= 11 is 1.56. The fourth-order valence-electron chi connectivity index (χ4n) is 3.23. The van der Waals surface area contributed by atoms with Gasteiger partial charge in [0.2, 0.25) is 0 Å². The Bertz CT molecular complexity index is 853. The topological polar surface area (TPSA) is 72.4 Å². The average Bonchev–Trinajstić information content (AvgIpc) is 3.40. The SMILES string of the molecule is CCCc1cc(C2CCCN2C(=O)c2cc(-c3cccs3)on2)no1. The minimum atomic E-state index is -0.117. The van der Waals surface area contributed by atoms with Gasteiger partial charge in [0, 0.05) is 25.1 Å². The van der Waals surface area contributed by atoms with E-state index in [-0.39, 0.29) is 11.9 Å². The molecule has 0 saturated carbocycles. The van der Waals surface area contributed by atoms with Crippen LogP contribution in [0, 0.1) is 0 Å². The first-order valence-electron chi connectivity index (χ1n) is 8.53. The van der Waals surface area contributed by atoms with Gasteiger partial charge in [-0.3, -0.25) is 4.79 Å². The van der Waals surface area contributed by atoms with E-state index in [2.05, 4.69) is 17.2 Å². The first kappa shape index (κ1) is 16.1. The zero-order valence-electron chi connectivity index (χ0n) is 14.0. The molecule has 1 unspecified atom stereocenters. The Hall–Kier alpha value is -2.41. The molecule has 7 heteroatoms. The molecule has 4 rings (SSSR count). The number of amides is 1. The molecule has 0 aromatic carbocycles. The lowest BCUT2D eigenvalue weighted by molar-refractivity contribution is 0.0720. The summed E-state index contributed by atoms with van der Waals surface area (Å²) in [6.07, 6.45) is 3.70. The summed E-state index contributed by atoms with van der Waals surface area (Å²) in [6.45, 7) is 2.80. The number of thiophene rings is 1. The van der Waals surface area contributed by atoms with E-state index in [1.54, 1.807) is 17.4 Å². The maximum Gasteiger partial charge on any atom is 0.276 e. The van der Waals surface area contributed by atoms with Crippen LogP contribution in [0.4, 0.5) is 0 Å².